The van der Waals surface area contributed by atoms with E-state index in [0.717, 1.165) is 29.4 Å². The molecule has 1 N–H and O–H groups in total. The molecule has 1 atom stereocenters. The van der Waals surface area contributed by atoms with Crippen molar-refractivity contribution in [2.75, 3.05) is 26.8 Å². The van der Waals surface area contributed by atoms with Crippen LogP contribution in [0, 0.1) is 5.41 Å². The molecule has 1 aliphatic carbocycles. The van der Waals surface area contributed by atoms with Crippen LogP contribution in [0.25, 0.3) is 11.0 Å². The second kappa shape index (κ2) is 6.43. The highest BCUT2D eigenvalue weighted by Crippen LogP contribution is 2.33. The molecular weight excluding hydrogens is 334 g/mol. The number of furan rings is 1. The second-order valence-electron chi connectivity index (χ2n) is 7.49. The molecule has 26 heavy (non-hydrogen) atoms. The first-order chi connectivity index (χ1) is 12.5. The standard InChI is InChI=1S/C20H23NO5/c1-25-12-20(19(23)24)5-6-21(11-20)18(22)9-15-10-26-17-8-14-4-2-3-13(14)7-16(15)17/h7-8,10H,2-6,9,11-12H2,1H3,(H,23,24). The molecule has 1 fully saturated rings. The minimum atomic E-state index is -0.996. The Labute approximate surface area is 151 Å². The van der Waals surface area contributed by atoms with Gasteiger partial charge in [0.1, 0.15) is 11.0 Å². The van der Waals surface area contributed by atoms with Gasteiger partial charge < -0.3 is 19.2 Å². The van der Waals surface area contributed by atoms with Gasteiger partial charge in [0.05, 0.1) is 19.3 Å². The van der Waals surface area contributed by atoms with Crippen molar-refractivity contribution < 1.29 is 23.8 Å². The van der Waals surface area contributed by atoms with E-state index in [-0.39, 0.29) is 25.5 Å². The Morgan fingerprint density at radius 2 is 2.08 bits per heavy atom. The van der Waals surface area contributed by atoms with E-state index < -0.39 is 11.4 Å². The minimum Gasteiger partial charge on any atom is -0.481 e. The van der Waals surface area contributed by atoms with Gasteiger partial charge in [-0.15, -0.1) is 0 Å². The monoisotopic (exact) mass is 357 g/mol. The number of amides is 1. The van der Waals surface area contributed by atoms with E-state index >= 15 is 0 Å². The van der Waals surface area contributed by atoms with Crippen LogP contribution >= 0.6 is 0 Å². The number of ether oxygens (including phenoxy) is 1. The molecule has 138 valence electrons. The lowest BCUT2D eigenvalue weighted by atomic mass is 9.88. The lowest BCUT2D eigenvalue weighted by Crippen LogP contribution is -2.40. The van der Waals surface area contributed by atoms with Gasteiger partial charge in [-0.05, 0) is 48.9 Å². The predicted octanol–water partition coefficient (Wildman–Crippen LogP) is 2.41. The third-order valence-electron chi connectivity index (χ3n) is 5.79. The minimum absolute atomic E-state index is 0.0626. The number of hydrogen-bond donors (Lipinski definition) is 1. The zero-order valence-corrected chi connectivity index (χ0v) is 14.9. The Morgan fingerprint density at radius 1 is 1.31 bits per heavy atom. The Balaban J connectivity index is 1.52. The van der Waals surface area contributed by atoms with Crippen molar-refractivity contribution in [3.05, 3.63) is 35.1 Å². The summed E-state index contributed by atoms with van der Waals surface area (Å²) in [7, 11) is 1.49. The highest BCUT2D eigenvalue weighted by Gasteiger charge is 2.46. The molecule has 0 saturated carbocycles. The van der Waals surface area contributed by atoms with Crippen molar-refractivity contribution >= 4 is 22.8 Å². The zero-order chi connectivity index (χ0) is 18.3. The smallest absolute Gasteiger partial charge is 0.313 e. The molecule has 1 unspecified atom stereocenters. The summed E-state index contributed by atoms with van der Waals surface area (Å²) in [5, 5.41) is 10.5. The Hall–Kier alpha value is -2.34. The van der Waals surface area contributed by atoms with Crippen LogP contribution in [-0.2, 0) is 33.6 Å². The number of hydrogen-bond acceptors (Lipinski definition) is 4. The lowest BCUT2D eigenvalue weighted by Gasteiger charge is -2.23. The molecule has 2 heterocycles. The van der Waals surface area contributed by atoms with E-state index in [4.69, 9.17) is 9.15 Å². The molecule has 1 aliphatic heterocycles. The van der Waals surface area contributed by atoms with E-state index in [9.17, 15) is 14.7 Å². The number of aryl methyl sites for hydroxylation is 2. The van der Waals surface area contributed by atoms with Gasteiger partial charge in [0.15, 0.2) is 0 Å². The fourth-order valence-corrected chi connectivity index (χ4v) is 4.28. The van der Waals surface area contributed by atoms with Crippen LogP contribution < -0.4 is 0 Å². The average Bonchev–Trinajstić information content (AvgIpc) is 3.32. The van der Waals surface area contributed by atoms with E-state index in [1.54, 1.807) is 11.2 Å². The number of nitrogens with zero attached hydrogens (tertiary/aromatic N) is 1. The van der Waals surface area contributed by atoms with Gasteiger partial charge in [0.25, 0.3) is 0 Å². The highest BCUT2D eigenvalue weighted by molar-refractivity contribution is 5.89. The SMILES string of the molecule is COCC1(C(=O)O)CCN(C(=O)Cc2coc3cc4c(cc23)CCC4)C1. The molecule has 6 nitrogen and oxygen atoms in total. The maximum absolute atomic E-state index is 12.8. The summed E-state index contributed by atoms with van der Waals surface area (Å²) in [4.78, 5) is 26.0. The Bertz CT molecular complexity index is 870. The summed E-state index contributed by atoms with van der Waals surface area (Å²) in [6.07, 6.45) is 5.64. The largest absolute Gasteiger partial charge is 0.481 e. The van der Waals surface area contributed by atoms with Crippen molar-refractivity contribution in [2.24, 2.45) is 5.41 Å². The third kappa shape index (κ3) is 2.78. The topological polar surface area (TPSA) is 80.0 Å². The summed E-state index contributed by atoms with van der Waals surface area (Å²) in [6.45, 7) is 0.757. The van der Waals surface area contributed by atoms with Crippen molar-refractivity contribution in [3.8, 4) is 0 Å². The predicted molar refractivity (Wildman–Crippen MR) is 95.1 cm³/mol. The molecule has 0 bridgehead atoms. The molecule has 0 spiro atoms. The fraction of sp³-hybridized carbons (Fsp3) is 0.500. The van der Waals surface area contributed by atoms with E-state index in [0.29, 0.717) is 13.0 Å². The van der Waals surface area contributed by atoms with Crippen LogP contribution in [-0.4, -0.2) is 48.7 Å². The molecule has 2 aliphatic rings. The van der Waals surface area contributed by atoms with Crippen molar-refractivity contribution in [2.45, 2.75) is 32.1 Å². The quantitative estimate of drug-likeness (QED) is 0.889. The summed E-state index contributed by atoms with van der Waals surface area (Å²) >= 11 is 0. The normalized spacial score (nSPS) is 22.1. The third-order valence-corrected chi connectivity index (χ3v) is 5.79. The molecule has 1 aromatic carbocycles. The second-order valence-corrected chi connectivity index (χ2v) is 7.49. The molecule has 1 amide bonds. The van der Waals surface area contributed by atoms with Gasteiger partial charge in [0, 0.05) is 31.1 Å². The van der Waals surface area contributed by atoms with Crippen LogP contribution in [0.5, 0.6) is 0 Å². The lowest BCUT2D eigenvalue weighted by molar-refractivity contribution is -0.151. The number of methoxy groups -OCH3 is 1. The maximum atomic E-state index is 12.8. The first kappa shape index (κ1) is 17.1. The van der Waals surface area contributed by atoms with Gasteiger partial charge in [-0.2, -0.15) is 0 Å². The molecule has 0 radical (unpaired) electrons. The number of carbonyl (C=O) groups excluding carboxylic acids is 1. The van der Waals surface area contributed by atoms with Crippen LogP contribution in [0.2, 0.25) is 0 Å². The molecular formula is C20H23NO5. The molecule has 1 saturated heterocycles. The highest BCUT2D eigenvalue weighted by atomic mass is 16.5. The van der Waals surface area contributed by atoms with Crippen molar-refractivity contribution in [1.29, 1.82) is 0 Å². The summed E-state index contributed by atoms with van der Waals surface area (Å²) in [6, 6.07) is 4.25. The molecule has 4 rings (SSSR count). The van der Waals surface area contributed by atoms with Gasteiger partial charge in [0.2, 0.25) is 5.91 Å². The summed E-state index contributed by atoms with van der Waals surface area (Å²) < 4.78 is 10.8. The number of carbonyl (C=O) groups is 2. The van der Waals surface area contributed by atoms with Gasteiger partial charge >= 0.3 is 5.97 Å². The van der Waals surface area contributed by atoms with Crippen LogP contribution in [0.15, 0.2) is 22.8 Å². The summed E-state index contributed by atoms with van der Waals surface area (Å²) in [5.74, 6) is -0.966. The first-order valence-electron chi connectivity index (χ1n) is 9.04. The molecule has 2 aromatic rings. The molecule has 1 aromatic heterocycles. The Morgan fingerprint density at radius 3 is 2.81 bits per heavy atom. The van der Waals surface area contributed by atoms with Gasteiger partial charge in [-0.3, -0.25) is 9.59 Å². The fourth-order valence-electron chi connectivity index (χ4n) is 4.28. The van der Waals surface area contributed by atoms with E-state index in [1.807, 2.05) is 0 Å². The van der Waals surface area contributed by atoms with E-state index in [2.05, 4.69) is 12.1 Å². The number of carboxylic acids is 1. The first-order valence-corrected chi connectivity index (χ1v) is 9.04. The van der Waals surface area contributed by atoms with Crippen LogP contribution in [0.4, 0.5) is 0 Å². The maximum Gasteiger partial charge on any atom is 0.313 e. The van der Waals surface area contributed by atoms with Gasteiger partial charge in [-0.25, -0.2) is 0 Å². The van der Waals surface area contributed by atoms with Crippen LogP contribution in [0.3, 0.4) is 0 Å². The average molecular weight is 357 g/mol. The van der Waals surface area contributed by atoms with Crippen LogP contribution in [0.1, 0.15) is 29.5 Å². The van der Waals surface area contributed by atoms with Gasteiger partial charge in [-0.1, -0.05) is 0 Å². The number of carboxylic acid groups (broad SMARTS) is 1. The number of fused-ring (bicyclic) bond motifs is 2. The number of likely N-dealkylation sites (tertiary alicyclic amines) is 1. The number of aliphatic carboxylic acids is 1. The summed E-state index contributed by atoms with van der Waals surface area (Å²) in [5.41, 5.74) is 3.39. The number of benzene rings is 1. The van der Waals surface area contributed by atoms with E-state index in [1.165, 1.54) is 24.7 Å². The Kier molecular flexibility index (Phi) is 4.23. The molecule has 6 heteroatoms. The number of rotatable bonds is 5. The zero-order valence-electron chi connectivity index (χ0n) is 14.9. The van der Waals surface area contributed by atoms with Crippen molar-refractivity contribution in [3.63, 3.8) is 0 Å². The van der Waals surface area contributed by atoms with Crippen molar-refractivity contribution in [1.82, 2.24) is 4.90 Å².